The van der Waals surface area contributed by atoms with Gasteiger partial charge in [-0.3, -0.25) is 4.98 Å². The largest absolute Gasteiger partial charge is 0.504 e. The fraction of sp³-hybridized carbons (Fsp3) is 0.0714. The molecule has 0 spiro atoms. The molecule has 1 aliphatic rings. The second-order valence-electron chi connectivity index (χ2n) is 13.2. The lowest BCUT2D eigenvalue weighted by atomic mass is 9.84. The van der Waals surface area contributed by atoms with Crippen LogP contribution in [0.4, 0.5) is 0 Å². The Kier molecular flexibility index (Phi) is 6.34. The lowest BCUT2D eigenvalue weighted by Gasteiger charge is -2.22. The van der Waals surface area contributed by atoms with E-state index in [0.29, 0.717) is 11.1 Å². The average molecular weight is 701 g/mol. The topological polar surface area (TPSA) is 145 Å². The normalized spacial score (nSPS) is 14.3. The van der Waals surface area contributed by atoms with Crippen LogP contribution in [0.15, 0.2) is 97.2 Å². The Labute approximate surface area is 299 Å². The van der Waals surface area contributed by atoms with Gasteiger partial charge >= 0.3 is 0 Å². The third kappa shape index (κ3) is 4.06. The fourth-order valence-corrected chi connectivity index (χ4v) is 9.17. The molecule has 0 saturated heterocycles. The van der Waals surface area contributed by atoms with Crippen LogP contribution < -0.4 is 0 Å². The molecule has 1 aliphatic carbocycles. The minimum atomic E-state index is -1.05. The van der Waals surface area contributed by atoms with Gasteiger partial charge in [-0.1, -0.05) is 67.6 Å². The summed E-state index contributed by atoms with van der Waals surface area (Å²) in [4.78, 5) is 14.0. The maximum absolute atomic E-state index is 10.9. The van der Waals surface area contributed by atoms with Gasteiger partial charge in [0.25, 0.3) is 0 Å². The van der Waals surface area contributed by atoms with Crippen LogP contribution in [0.5, 0.6) is 28.7 Å². The van der Waals surface area contributed by atoms with Gasteiger partial charge in [0.15, 0.2) is 17.3 Å². The standard InChI is InChI=1S/C42H28N4O5S/c1-20-9-6-14-25-29(20)35-31(41-30(25)24-13-3-5-17-28(24)52-41)23-12-2-4-16-27(23)46(35)22-11-7-10-21(19-22)42-44-26-15-8-18-43-33(26)34(45-42)32-36(47)38(49)40(51)39(50)37(32)48/h2-8,10-20,47-51H,9H2,1H3. The van der Waals surface area contributed by atoms with Crippen molar-refractivity contribution in [2.24, 2.45) is 0 Å². The number of rotatable bonds is 3. The van der Waals surface area contributed by atoms with Gasteiger partial charge in [-0.15, -0.1) is 11.3 Å². The zero-order valence-corrected chi connectivity index (χ0v) is 28.3. The molecule has 9 nitrogen and oxygen atoms in total. The molecular formula is C42H28N4O5S. The molecular weight excluding hydrogens is 673 g/mol. The Morgan fingerprint density at radius 2 is 1.50 bits per heavy atom. The molecule has 0 bridgehead atoms. The van der Waals surface area contributed by atoms with Crippen LogP contribution in [0, 0.1) is 0 Å². The first-order valence-electron chi connectivity index (χ1n) is 16.8. The van der Waals surface area contributed by atoms with E-state index in [-0.39, 0.29) is 28.5 Å². The Balaban J connectivity index is 1.27. The van der Waals surface area contributed by atoms with Crippen molar-refractivity contribution in [2.75, 3.05) is 0 Å². The summed E-state index contributed by atoms with van der Waals surface area (Å²) in [6.07, 6.45) is 7.01. The van der Waals surface area contributed by atoms with Gasteiger partial charge in [-0.25, -0.2) is 9.97 Å². The van der Waals surface area contributed by atoms with Crippen LogP contribution >= 0.6 is 11.3 Å². The molecule has 1 atom stereocenters. The van der Waals surface area contributed by atoms with Gasteiger partial charge in [0, 0.05) is 48.4 Å². The number of pyridine rings is 1. The Hall–Kier alpha value is -6.65. The van der Waals surface area contributed by atoms with Gasteiger partial charge < -0.3 is 30.1 Å². The summed E-state index contributed by atoms with van der Waals surface area (Å²) in [5, 5.41) is 57.6. The zero-order valence-electron chi connectivity index (χ0n) is 27.5. The molecule has 1 unspecified atom stereocenters. The molecule has 0 saturated carbocycles. The highest BCUT2D eigenvalue weighted by atomic mass is 32.1. The number of thiophene rings is 1. The third-order valence-electron chi connectivity index (χ3n) is 10.2. The number of fused-ring (bicyclic) bond motifs is 11. The van der Waals surface area contributed by atoms with Crippen molar-refractivity contribution in [3.63, 3.8) is 0 Å². The third-order valence-corrected chi connectivity index (χ3v) is 11.4. The summed E-state index contributed by atoms with van der Waals surface area (Å²) in [5.74, 6) is -4.23. The Morgan fingerprint density at radius 1 is 0.750 bits per heavy atom. The molecule has 4 heterocycles. The molecule has 52 heavy (non-hydrogen) atoms. The molecule has 9 aromatic rings. The summed E-state index contributed by atoms with van der Waals surface area (Å²) in [6, 6.07) is 28.5. The van der Waals surface area contributed by atoms with Gasteiger partial charge in [0.2, 0.25) is 17.2 Å². The number of hydrogen-bond donors (Lipinski definition) is 5. The first kappa shape index (κ1) is 30.2. The Morgan fingerprint density at radius 3 is 2.33 bits per heavy atom. The second-order valence-corrected chi connectivity index (χ2v) is 14.2. The minimum Gasteiger partial charge on any atom is -0.504 e. The number of phenols is 5. The number of hydrogen-bond acceptors (Lipinski definition) is 9. The van der Waals surface area contributed by atoms with Gasteiger partial charge in [-0.05, 0) is 59.9 Å². The molecule has 0 aliphatic heterocycles. The van der Waals surface area contributed by atoms with E-state index >= 15 is 0 Å². The van der Waals surface area contributed by atoms with Crippen LogP contribution in [0.1, 0.15) is 30.4 Å². The number of aromatic nitrogens is 4. The molecule has 10 rings (SSSR count). The molecule has 0 fully saturated rings. The highest BCUT2D eigenvalue weighted by Crippen LogP contribution is 2.55. The lowest BCUT2D eigenvalue weighted by molar-refractivity contribution is 0.330. The Bertz CT molecular complexity index is 3010. The predicted molar refractivity (Wildman–Crippen MR) is 206 cm³/mol. The van der Waals surface area contributed by atoms with Crippen molar-refractivity contribution in [3.8, 4) is 57.1 Å². The number of benzene rings is 5. The molecule has 252 valence electrons. The van der Waals surface area contributed by atoms with E-state index in [1.807, 2.05) is 29.5 Å². The van der Waals surface area contributed by atoms with E-state index in [1.54, 1.807) is 12.1 Å². The monoisotopic (exact) mass is 700 g/mol. The van der Waals surface area contributed by atoms with Crippen LogP contribution in [0.25, 0.3) is 87.4 Å². The zero-order chi connectivity index (χ0) is 35.4. The van der Waals surface area contributed by atoms with Crippen molar-refractivity contribution in [1.29, 1.82) is 0 Å². The lowest BCUT2D eigenvalue weighted by Crippen LogP contribution is -2.05. The van der Waals surface area contributed by atoms with Crippen molar-refractivity contribution in [3.05, 3.63) is 108 Å². The van der Waals surface area contributed by atoms with Crippen LogP contribution in [0.2, 0.25) is 0 Å². The summed E-state index contributed by atoms with van der Waals surface area (Å²) < 4.78 is 4.85. The maximum atomic E-state index is 10.9. The van der Waals surface area contributed by atoms with Crippen LogP contribution in [0.3, 0.4) is 0 Å². The quantitative estimate of drug-likeness (QED) is 0.0905. The van der Waals surface area contributed by atoms with E-state index in [9.17, 15) is 25.5 Å². The highest BCUT2D eigenvalue weighted by molar-refractivity contribution is 7.26. The van der Waals surface area contributed by atoms with Gasteiger partial charge in [-0.2, -0.15) is 0 Å². The van der Waals surface area contributed by atoms with Gasteiger partial charge in [0.1, 0.15) is 11.2 Å². The number of nitrogens with zero attached hydrogens (tertiary/aromatic N) is 4. The van der Waals surface area contributed by atoms with E-state index in [1.165, 1.54) is 48.4 Å². The van der Waals surface area contributed by atoms with E-state index in [0.717, 1.165) is 23.0 Å². The number of para-hydroxylation sites is 1. The highest BCUT2D eigenvalue weighted by Gasteiger charge is 2.29. The maximum Gasteiger partial charge on any atom is 0.208 e. The first-order chi connectivity index (χ1) is 25.3. The number of aromatic hydroxyl groups is 5. The molecule has 5 N–H and O–H groups in total. The molecule has 0 radical (unpaired) electrons. The van der Waals surface area contributed by atoms with E-state index in [2.05, 4.69) is 83.2 Å². The minimum absolute atomic E-state index is 0.0368. The van der Waals surface area contributed by atoms with Crippen LogP contribution in [-0.2, 0) is 0 Å². The van der Waals surface area contributed by atoms with Crippen molar-refractivity contribution < 1.29 is 25.5 Å². The summed E-state index contributed by atoms with van der Waals surface area (Å²) in [7, 11) is 0. The molecule has 4 aromatic heterocycles. The van der Waals surface area contributed by atoms with Crippen molar-refractivity contribution in [2.45, 2.75) is 19.3 Å². The molecule has 10 heteroatoms. The summed E-state index contributed by atoms with van der Waals surface area (Å²) >= 11 is 1.83. The average Bonchev–Trinajstić information content (AvgIpc) is 3.73. The molecule has 5 aromatic carbocycles. The predicted octanol–water partition coefficient (Wildman–Crippen LogP) is 9.87. The fourth-order valence-electron chi connectivity index (χ4n) is 7.89. The van der Waals surface area contributed by atoms with E-state index in [4.69, 9.17) is 9.97 Å². The SMILES string of the molecule is CC1CC=Cc2c1c1c(c3ccccc3n1-c1cccc(-c3nc(-c4c(O)c(O)c(O)c(O)c4O)c4ncccc4n3)c1)c1sc3ccccc3c21. The van der Waals surface area contributed by atoms with Crippen molar-refractivity contribution in [1.82, 2.24) is 19.5 Å². The van der Waals surface area contributed by atoms with Crippen LogP contribution in [-0.4, -0.2) is 45.1 Å². The second kappa shape index (κ2) is 10.9. The number of allylic oxidation sites excluding steroid dienone is 1. The summed E-state index contributed by atoms with van der Waals surface area (Å²) in [5.41, 5.74) is 6.53. The first-order valence-corrected chi connectivity index (χ1v) is 17.6. The van der Waals surface area contributed by atoms with Crippen molar-refractivity contribution >= 4 is 70.4 Å². The summed E-state index contributed by atoms with van der Waals surface area (Å²) in [6.45, 7) is 2.29. The number of phenolic OH excluding ortho intramolecular Hbond substituents is 5. The van der Waals surface area contributed by atoms with Gasteiger partial charge in [0.05, 0.1) is 22.1 Å². The molecule has 0 amide bonds. The van der Waals surface area contributed by atoms with E-state index < -0.39 is 28.7 Å². The smallest absolute Gasteiger partial charge is 0.208 e.